The number of carbonyl (C=O) groups is 2. The Labute approximate surface area is 161 Å². The highest BCUT2D eigenvalue weighted by Crippen LogP contribution is 2.27. The predicted molar refractivity (Wildman–Crippen MR) is 109 cm³/mol. The molecular formula is C22H19N3O3. The molecule has 0 aliphatic heterocycles. The van der Waals surface area contributed by atoms with E-state index < -0.39 is 5.97 Å². The molecule has 140 valence electrons. The lowest BCUT2D eigenvalue weighted by molar-refractivity contribution is -0.115. The van der Waals surface area contributed by atoms with Gasteiger partial charge in [0.2, 0.25) is 5.91 Å². The molecule has 4 rings (SSSR count). The van der Waals surface area contributed by atoms with Crippen molar-refractivity contribution in [3.8, 4) is 0 Å². The number of aromatic carboxylic acids is 1. The smallest absolute Gasteiger partial charge is 0.352 e. The van der Waals surface area contributed by atoms with Crippen molar-refractivity contribution in [2.75, 3.05) is 5.32 Å². The molecule has 0 aliphatic rings. The van der Waals surface area contributed by atoms with Gasteiger partial charge >= 0.3 is 5.97 Å². The van der Waals surface area contributed by atoms with Gasteiger partial charge in [0, 0.05) is 28.4 Å². The zero-order chi connectivity index (χ0) is 19.7. The third kappa shape index (κ3) is 3.09. The number of aromatic nitrogens is 2. The van der Waals surface area contributed by atoms with Gasteiger partial charge in [-0.3, -0.25) is 9.78 Å². The predicted octanol–water partition coefficient (Wildman–Crippen LogP) is 4.09. The lowest BCUT2D eigenvalue weighted by Crippen LogP contribution is -2.17. The molecule has 1 amide bonds. The van der Waals surface area contributed by atoms with E-state index in [0.717, 1.165) is 21.8 Å². The number of carboxylic acids is 1. The lowest BCUT2D eigenvalue weighted by atomic mass is 10.1. The third-order valence-electron chi connectivity index (χ3n) is 4.81. The monoisotopic (exact) mass is 373 g/mol. The summed E-state index contributed by atoms with van der Waals surface area (Å²) in [5.41, 5.74) is 2.93. The molecule has 4 aromatic rings. The summed E-state index contributed by atoms with van der Waals surface area (Å²) in [4.78, 5) is 28.9. The Morgan fingerprint density at radius 2 is 1.86 bits per heavy atom. The molecule has 0 aliphatic carbocycles. The first-order valence-electron chi connectivity index (χ1n) is 9.06. The minimum atomic E-state index is -1.03. The van der Waals surface area contributed by atoms with E-state index in [1.165, 1.54) is 0 Å². The van der Waals surface area contributed by atoms with E-state index in [4.69, 9.17) is 0 Å². The largest absolute Gasteiger partial charge is 0.477 e. The summed E-state index contributed by atoms with van der Waals surface area (Å²) in [6.45, 7) is 2.40. The topological polar surface area (TPSA) is 84.2 Å². The molecule has 2 N–H and O–H groups in total. The number of fused-ring (bicyclic) bond motifs is 2. The number of hydrogen-bond donors (Lipinski definition) is 2. The molecule has 0 saturated carbocycles. The Balaban J connectivity index is 1.68. The van der Waals surface area contributed by atoms with Crippen molar-refractivity contribution >= 4 is 39.4 Å². The summed E-state index contributed by atoms with van der Waals surface area (Å²) in [5, 5.41) is 14.3. The van der Waals surface area contributed by atoms with E-state index in [0.29, 0.717) is 17.8 Å². The number of para-hydroxylation sites is 2. The van der Waals surface area contributed by atoms with Gasteiger partial charge < -0.3 is 15.0 Å². The van der Waals surface area contributed by atoms with E-state index in [1.807, 2.05) is 61.5 Å². The summed E-state index contributed by atoms with van der Waals surface area (Å²) < 4.78 is 1.73. The number of carboxylic acid groups (broad SMARTS) is 1. The van der Waals surface area contributed by atoms with Crippen molar-refractivity contribution in [3.63, 3.8) is 0 Å². The lowest BCUT2D eigenvalue weighted by Gasteiger charge is -2.08. The number of pyridine rings is 1. The first-order chi connectivity index (χ1) is 13.6. The number of hydrogen-bond acceptors (Lipinski definition) is 3. The molecule has 2 aromatic carbocycles. The van der Waals surface area contributed by atoms with Crippen LogP contribution in [0.15, 0.2) is 60.8 Å². The Morgan fingerprint density at radius 1 is 1.11 bits per heavy atom. The molecule has 0 spiro atoms. The van der Waals surface area contributed by atoms with Crippen molar-refractivity contribution in [2.45, 2.75) is 19.9 Å². The van der Waals surface area contributed by atoms with Crippen LogP contribution in [0.2, 0.25) is 0 Å². The molecule has 0 saturated heterocycles. The molecule has 0 fully saturated rings. The minimum Gasteiger partial charge on any atom is -0.477 e. The van der Waals surface area contributed by atoms with Crippen LogP contribution in [0.25, 0.3) is 21.8 Å². The van der Waals surface area contributed by atoms with Crippen molar-refractivity contribution in [1.29, 1.82) is 0 Å². The first-order valence-corrected chi connectivity index (χ1v) is 9.06. The summed E-state index contributed by atoms with van der Waals surface area (Å²) >= 11 is 0. The fraction of sp³-hybridized carbons (Fsp3) is 0.136. The Morgan fingerprint density at radius 3 is 2.64 bits per heavy atom. The zero-order valence-electron chi connectivity index (χ0n) is 15.3. The van der Waals surface area contributed by atoms with Crippen LogP contribution in [0.5, 0.6) is 0 Å². The average molecular weight is 373 g/mol. The number of anilines is 1. The van der Waals surface area contributed by atoms with Gasteiger partial charge in [-0.1, -0.05) is 36.4 Å². The van der Waals surface area contributed by atoms with Gasteiger partial charge in [0.15, 0.2) is 0 Å². The summed E-state index contributed by atoms with van der Waals surface area (Å²) in [6, 6.07) is 16.9. The quantitative estimate of drug-likeness (QED) is 0.552. The first kappa shape index (κ1) is 17.7. The van der Waals surface area contributed by atoms with Crippen molar-refractivity contribution in [1.82, 2.24) is 9.55 Å². The zero-order valence-corrected chi connectivity index (χ0v) is 15.3. The van der Waals surface area contributed by atoms with Crippen LogP contribution in [-0.4, -0.2) is 26.5 Å². The van der Waals surface area contributed by atoms with Crippen molar-refractivity contribution < 1.29 is 14.7 Å². The molecule has 0 unspecified atom stereocenters. The maximum absolute atomic E-state index is 12.7. The van der Waals surface area contributed by atoms with E-state index >= 15 is 0 Å². The molecule has 6 nitrogen and oxygen atoms in total. The molecule has 2 heterocycles. The highest BCUT2D eigenvalue weighted by molar-refractivity contribution is 6.03. The molecule has 0 radical (unpaired) electrons. The van der Waals surface area contributed by atoms with Crippen LogP contribution in [0.1, 0.15) is 23.0 Å². The standard InChI is InChI=1S/C22H19N3O3/c1-2-25-19-10-6-4-8-16(19)17(21(25)22(27)28)12-20(26)24-15-11-14-7-3-5-9-18(14)23-13-15/h3-11,13H,2,12H2,1H3,(H,24,26)(H,27,28). The second-order valence-corrected chi connectivity index (χ2v) is 6.54. The average Bonchev–Trinajstić information content (AvgIpc) is 3.01. The van der Waals surface area contributed by atoms with E-state index in [2.05, 4.69) is 10.3 Å². The third-order valence-corrected chi connectivity index (χ3v) is 4.81. The fourth-order valence-corrected chi connectivity index (χ4v) is 3.63. The highest BCUT2D eigenvalue weighted by Gasteiger charge is 2.23. The fourth-order valence-electron chi connectivity index (χ4n) is 3.63. The number of amides is 1. The molecule has 0 atom stereocenters. The van der Waals surface area contributed by atoms with Gasteiger partial charge in [-0.25, -0.2) is 4.79 Å². The van der Waals surface area contributed by atoms with E-state index in [9.17, 15) is 14.7 Å². The summed E-state index contributed by atoms with van der Waals surface area (Å²) in [5.74, 6) is -1.31. The van der Waals surface area contributed by atoms with Gasteiger partial charge in [-0.05, 0) is 25.1 Å². The van der Waals surface area contributed by atoms with Gasteiger partial charge in [0.25, 0.3) is 0 Å². The van der Waals surface area contributed by atoms with Crippen LogP contribution in [-0.2, 0) is 17.8 Å². The van der Waals surface area contributed by atoms with Crippen LogP contribution in [0, 0.1) is 0 Å². The summed E-state index contributed by atoms with van der Waals surface area (Å²) in [6.07, 6.45) is 1.58. The summed E-state index contributed by atoms with van der Waals surface area (Å²) in [7, 11) is 0. The van der Waals surface area contributed by atoms with Crippen LogP contribution in [0.4, 0.5) is 5.69 Å². The Kier molecular flexibility index (Phi) is 4.53. The van der Waals surface area contributed by atoms with E-state index in [1.54, 1.807) is 10.8 Å². The maximum atomic E-state index is 12.7. The van der Waals surface area contributed by atoms with Crippen LogP contribution in [0.3, 0.4) is 0 Å². The minimum absolute atomic E-state index is 0.0258. The molecule has 6 heteroatoms. The number of nitrogens with zero attached hydrogens (tertiary/aromatic N) is 2. The van der Waals surface area contributed by atoms with Crippen molar-refractivity contribution in [2.24, 2.45) is 0 Å². The number of nitrogens with one attached hydrogen (secondary N) is 1. The maximum Gasteiger partial charge on any atom is 0.352 e. The van der Waals surface area contributed by atoms with Crippen LogP contribution < -0.4 is 5.32 Å². The van der Waals surface area contributed by atoms with Gasteiger partial charge in [-0.15, -0.1) is 0 Å². The Hall–Kier alpha value is -3.67. The van der Waals surface area contributed by atoms with Crippen LogP contribution >= 0.6 is 0 Å². The normalized spacial score (nSPS) is 11.0. The SMILES string of the molecule is CCn1c(C(=O)O)c(CC(=O)Nc2cnc3ccccc3c2)c2ccccc21. The van der Waals surface area contributed by atoms with Gasteiger partial charge in [0.1, 0.15) is 5.69 Å². The number of rotatable bonds is 5. The van der Waals surface area contributed by atoms with Crippen molar-refractivity contribution in [3.05, 3.63) is 72.1 Å². The van der Waals surface area contributed by atoms with E-state index in [-0.39, 0.29) is 18.0 Å². The second kappa shape index (κ2) is 7.15. The number of benzene rings is 2. The second-order valence-electron chi connectivity index (χ2n) is 6.54. The molecule has 2 aromatic heterocycles. The molecular weight excluding hydrogens is 354 g/mol. The Bertz CT molecular complexity index is 1210. The highest BCUT2D eigenvalue weighted by atomic mass is 16.4. The number of carbonyl (C=O) groups excluding carboxylic acids is 1. The molecule has 0 bridgehead atoms. The van der Waals surface area contributed by atoms with Gasteiger partial charge in [0.05, 0.1) is 23.8 Å². The van der Waals surface area contributed by atoms with Gasteiger partial charge in [-0.2, -0.15) is 0 Å². The molecule has 28 heavy (non-hydrogen) atoms. The number of aryl methyl sites for hydroxylation is 1.